The number of sulfonamides is 1. The zero-order valence-electron chi connectivity index (χ0n) is 14.4. The molecule has 2 rings (SSSR count). The van der Waals surface area contributed by atoms with Crippen LogP contribution in [0, 0.1) is 6.92 Å². The lowest BCUT2D eigenvalue weighted by molar-refractivity contribution is -0.127. The van der Waals surface area contributed by atoms with Crippen LogP contribution in [0.15, 0.2) is 41.3 Å². The van der Waals surface area contributed by atoms with Crippen molar-refractivity contribution in [1.29, 1.82) is 0 Å². The number of nitrogens with one attached hydrogen (secondary N) is 1. The predicted molar refractivity (Wildman–Crippen MR) is 94.3 cm³/mol. The number of carbonyl (C=O) groups is 2. The summed E-state index contributed by atoms with van der Waals surface area (Å²) >= 11 is 0. The molecule has 1 aromatic carbocycles. The van der Waals surface area contributed by atoms with Gasteiger partial charge in [0.25, 0.3) is 0 Å². The lowest BCUT2D eigenvalue weighted by atomic mass is 10.2. The second-order valence-electron chi connectivity index (χ2n) is 5.77. The first-order valence-electron chi connectivity index (χ1n) is 8.16. The van der Waals surface area contributed by atoms with E-state index in [2.05, 4.69) is 5.32 Å². The lowest BCUT2D eigenvalue weighted by Gasteiger charge is -2.33. The van der Waals surface area contributed by atoms with Crippen molar-refractivity contribution in [3.8, 4) is 0 Å². The van der Waals surface area contributed by atoms with Crippen LogP contribution in [0.1, 0.15) is 12.5 Å². The van der Waals surface area contributed by atoms with Gasteiger partial charge in [0.05, 0.1) is 4.90 Å². The number of benzene rings is 1. The molecule has 0 radical (unpaired) electrons. The molecule has 1 N–H and O–H groups in total. The Hall–Kier alpha value is -2.19. The van der Waals surface area contributed by atoms with E-state index in [0.717, 1.165) is 5.56 Å². The third-order valence-corrected chi connectivity index (χ3v) is 5.85. The fraction of sp³-hybridized carbons (Fsp3) is 0.412. The Kier molecular flexibility index (Phi) is 6.33. The Morgan fingerprint density at radius 1 is 1.08 bits per heavy atom. The summed E-state index contributed by atoms with van der Waals surface area (Å²) in [7, 11) is -3.55. The van der Waals surface area contributed by atoms with Crippen LogP contribution >= 0.6 is 0 Å². The van der Waals surface area contributed by atoms with E-state index in [1.807, 2.05) is 6.92 Å². The van der Waals surface area contributed by atoms with Crippen LogP contribution in [0.3, 0.4) is 0 Å². The van der Waals surface area contributed by atoms with Crippen LogP contribution in [0.2, 0.25) is 0 Å². The molecule has 8 heteroatoms. The summed E-state index contributed by atoms with van der Waals surface area (Å²) in [6, 6.07) is 6.71. The number of rotatable bonds is 5. The first-order chi connectivity index (χ1) is 11.8. The minimum Gasteiger partial charge on any atom is -0.353 e. The molecule has 25 heavy (non-hydrogen) atoms. The highest BCUT2D eigenvalue weighted by Crippen LogP contribution is 2.18. The molecule has 136 valence electrons. The average molecular weight is 365 g/mol. The van der Waals surface area contributed by atoms with E-state index in [1.165, 1.54) is 21.4 Å². The maximum absolute atomic E-state index is 12.6. The van der Waals surface area contributed by atoms with E-state index >= 15 is 0 Å². The molecule has 1 fully saturated rings. The number of amides is 2. The van der Waals surface area contributed by atoms with Crippen molar-refractivity contribution in [3.05, 3.63) is 42.0 Å². The van der Waals surface area contributed by atoms with Gasteiger partial charge in [-0.15, -0.1) is 0 Å². The van der Waals surface area contributed by atoms with Crippen molar-refractivity contribution in [2.75, 3.05) is 32.7 Å². The highest BCUT2D eigenvalue weighted by atomic mass is 32.2. The summed E-state index contributed by atoms with van der Waals surface area (Å²) in [6.07, 6.45) is 2.41. The normalized spacial score (nSPS) is 16.2. The number of hydrogen-bond donors (Lipinski definition) is 1. The Labute approximate surface area is 148 Å². The molecule has 0 aromatic heterocycles. The van der Waals surface area contributed by atoms with Gasteiger partial charge < -0.3 is 10.2 Å². The summed E-state index contributed by atoms with van der Waals surface area (Å²) in [5.74, 6) is -0.616. The van der Waals surface area contributed by atoms with Gasteiger partial charge in [-0.3, -0.25) is 9.59 Å². The second kappa shape index (κ2) is 8.26. The maximum Gasteiger partial charge on any atom is 0.246 e. The lowest BCUT2D eigenvalue weighted by Crippen LogP contribution is -2.50. The van der Waals surface area contributed by atoms with E-state index in [1.54, 1.807) is 31.2 Å². The van der Waals surface area contributed by atoms with Crippen LogP contribution in [0.25, 0.3) is 0 Å². The van der Waals surface area contributed by atoms with Crippen molar-refractivity contribution >= 4 is 21.8 Å². The summed E-state index contributed by atoms with van der Waals surface area (Å²) in [6.45, 7) is 5.24. The van der Waals surface area contributed by atoms with E-state index in [4.69, 9.17) is 0 Å². The van der Waals surface area contributed by atoms with E-state index in [9.17, 15) is 18.0 Å². The number of nitrogens with zero attached hydrogens (tertiary/aromatic N) is 2. The van der Waals surface area contributed by atoms with Gasteiger partial charge in [0, 0.05) is 44.9 Å². The van der Waals surface area contributed by atoms with Crippen LogP contribution in [0.4, 0.5) is 0 Å². The van der Waals surface area contributed by atoms with Crippen molar-refractivity contribution in [1.82, 2.24) is 14.5 Å². The van der Waals surface area contributed by atoms with Crippen LogP contribution in [-0.4, -0.2) is 62.2 Å². The van der Waals surface area contributed by atoms with E-state index in [-0.39, 0.29) is 29.8 Å². The third kappa shape index (κ3) is 4.90. The third-order valence-electron chi connectivity index (χ3n) is 3.94. The monoisotopic (exact) mass is 365 g/mol. The SMILES string of the molecule is CCNC(=O)C=CC(=O)N1CCN(S(=O)(=O)c2ccc(C)cc2)CC1. The summed E-state index contributed by atoms with van der Waals surface area (Å²) < 4.78 is 26.6. The van der Waals surface area contributed by atoms with Gasteiger partial charge in [-0.05, 0) is 26.0 Å². The smallest absolute Gasteiger partial charge is 0.246 e. The zero-order valence-corrected chi connectivity index (χ0v) is 15.3. The second-order valence-corrected chi connectivity index (χ2v) is 7.71. The molecular weight excluding hydrogens is 342 g/mol. The van der Waals surface area contributed by atoms with Gasteiger partial charge in [-0.2, -0.15) is 4.31 Å². The fourth-order valence-electron chi connectivity index (χ4n) is 2.49. The quantitative estimate of drug-likeness (QED) is 0.771. The number of likely N-dealkylation sites (N-methyl/N-ethyl adjacent to an activating group) is 1. The van der Waals surface area contributed by atoms with E-state index in [0.29, 0.717) is 19.6 Å². The molecule has 1 saturated heterocycles. The molecular formula is C17H23N3O4S. The van der Waals surface area contributed by atoms with Crippen molar-refractivity contribution < 1.29 is 18.0 Å². The highest BCUT2D eigenvalue weighted by Gasteiger charge is 2.29. The van der Waals surface area contributed by atoms with Gasteiger partial charge in [-0.1, -0.05) is 17.7 Å². The topological polar surface area (TPSA) is 86.8 Å². The largest absolute Gasteiger partial charge is 0.353 e. The molecule has 0 unspecified atom stereocenters. The van der Waals surface area contributed by atoms with E-state index < -0.39 is 10.0 Å². The van der Waals surface area contributed by atoms with Crippen LogP contribution in [-0.2, 0) is 19.6 Å². The molecule has 0 spiro atoms. The highest BCUT2D eigenvalue weighted by molar-refractivity contribution is 7.89. The Balaban J connectivity index is 1.96. The Morgan fingerprint density at radius 2 is 1.68 bits per heavy atom. The summed E-state index contributed by atoms with van der Waals surface area (Å²) in [4.78, 5) is 25.2. The number of aryl methyl sites for hydroxylation is 1. The van der Waals surface area contributed by atoms with Gasteiger partial charge in [-0.25, -0.2) is 8.42 Å². The Bertz CT molecular complexity index is 749. The van der Waals surface area contributed by atoms with Gasteiger partial charge in [0.2, 0.25) is 21.8 Å². The fourth-order valence-corrected chi connectivity index (χ4v) is 3.92. The maximum atomic E-state index is 12.6. The Morgan fingerprint density at radius 3 is 2.24 bits per heavy atom. The number of hydrogen-bond acceptors (Lipinski definition) is 4. The minimum atomic E-state index is -3.55. The van der Waals surface area contributed by atoms with Crippen molar-refractivity contribution in [3.63, 3.8) is 0 Å². The molecule has 0 bridgehead atoms. The minimum absolute atomic E-state index is 0.233. The molecule has 0 saturated carbocycles. The molecule has 1 heterocycles. The number of piperazine rings is 1. The first kappa shape index (κ1) is 19.1. The van der Waals surface area contributed by atoms with Gasteiger partial charge in [0.1, 0.15) is 0 Å². The van der Waals surface area contributed by atoms with Gasteiger partial charge in [0.15, 0.2) is 0 Å². The number of carbonyl (C=O) groups excluding carboxylic acids is 2. The summed E-state index contributed by atoms with van der Waals surface area (Å²) in [5.41, 5.74) is 0.994. The summed E-state index contributed by atoms with van der Waals surface area (Å²) in [5, 5.41) is 2.57. The molecule has 1 aliphatic heterocycles. The van der Waals surface area contributed by atoms with Crippen molar-refractivity contribution in [2.24, 2.45) is 0 Å². The molecule has 1 aromatic rings. The van der Waals surface area contributed by atoms with Crippen LogP contribution in [0.5, 0.6) is 0 Å². The molecule has 0 atom stereocenters. The van der Waals surface area contributed by atoms with Crippen molar-refractivity contribution in [2.45, 2.75) is 18.7 Å². The molecule has 0 aliphatic carbocycles. The predicted octanol–water partition coefficient (Wildman–Crippen LogP) is 0.520. The average Bonchev–Trinajstić information content (AvgIpc) is 2.60. The standard InChI is InChI=1S/C17H23N3O4S/c1-3-18-16(21)8-9-17(22)19-10-12-20(13-11-19)25(23,24)15-6-4-14(2)5-7-15/h4-9H,3,10-13H2,1-2H3,(H,18,21). The molecule has 7 nitrogen and oxygen atoms in total. The van der Waals surface area contributed by atoms with Gasteiger partial charge >= 0.3 is 0 Å². The van der Waals surface area contributed by atoms with Crippen LogP contribution < -0.4 is 5.32 Å². The first-order valence-corrected chi connectivity index (χ1v) is 9.60. The zero-order chi connectivity index (χ0) is 18.4. The molecule has 1 aliphatic rings. The molecule has 2 amide bonds.